The van der Waals surface area contributed by atoms with Gasteiger partial charge in [-0.15, -0.1) is 35.1 Å². The molecule has 0 saturated heterocycles. The quantitative estimate of drug-likeness (QED) is 0.0665. The van der Waals surface area contributed by atoms with E-state index in [1.165, 1.54) is 36.9 Å². The van der Waals surface area contributed by atoms with Gasteiger partial charge in [-0.25, -0.2) is 24.0 Å². The van der Waals surface area contributed by atoms with Gasteiger partial charge in [0.15, 0.2) is 0 Å². The van der Waals surface area contributed by atoms with E-state index in [2.05, 4.69) is 30.7 Å². The Labute approximate surface area is 370 Å². The Morgan fingerprint density at radius 3 is 1.55 bits per heavy atom. The van der Waals surface area contributed by atoms with E-state index in [4.69, 9.17) is 25.1 Å². The third kappa shape index (κ3) is 15.1. The normalized spacial score (nSPS) is 11.1. The van der Waals surface area contributed by atoms with Gasteiger partial charge in [0.2, 0.25) is 0 Å². The number of esters is 2. The van der Waals surface area contributed by atoms with Crippen molar-refractivity contribution < 1.29 is 52.8 Å². The van der Waals surface area contributed by atoms with E-state index in [0.717, 1.165) is 42.7 Å². The lowest BCUT2D eigenvalue weighted by atomic mass is 10.2. The predicted octanol–water partition coefficient (Wildman–Crippen LogP) is 5.94. The number of pyridine rings is 2. The van der Waals surface area contributed by atoms with Crippen LogP contribution in [0.3, 0.4) is 0 Å². The van der Waals surface area contributed by atoms with E-state index in [1.54, 1.807) is 24.5 Å². The number of rotatable bonds is 13. The zero-order valence-electron chi connectivity index (χ0n) is 33.9. The number of carboxylic acids is 1. The highest BCUT2D eigenvalue weighted by Crippen LogP contribution is 2.27. The molecular formula is C42H45ClN6O11S2. The van der Waals surface area contributed by atoms with Crippen molar-refractivity contribution in [3.8, 4) is 0 Å². The SMILES string of the molecule is COC(=O)[C@@H](CN)NC(=O)OCc1ccccc1.COC(=O)[C@@H](CNC(=O)c1cc2nccc(C)c2s1)NC(=O)OCc1ccccc1.Cc1ccnc2cc(C(=O)O)sc12.Cl. The number of halogens is 1. The number of nitrogens with one attached hydrogen (secondary N) is 3. The van der Waals surface area contributed by atoms with Gasteiger partial charge in [0.1, 0.15) is 30.2 Å². The van der Waals surface area contributed by atoms with Crippen LogP contribution in [0.25, 0.3) is 20.4 Å². The molecule has 0 bridgehead atoms. The first kappa shape index (κ1) is 49.7. The molecule has 0 fully saturated rings. The summed E-state index contributed by atoms with van der Waals surface area (Å²) in [5.74, 6) is -2.55. The van der Waals surface area contributed by atoms with E-state index in [-0.39, 0.29) is 44.6 Å². The van der Waals surface area contributed by atoms with E-state index < -0.39 is 42.2 Å². The largest absolute Gasteiger partial charge is 0.477 e. The third-order valence-corrected chi connectivity index (χ3v) is 10.8. The summed E-state index contributed by atoms with van der Waals surface area (Å²) in [6, 6.07) is 23.4. The van der Waals surface area contributed by atoms with Crippen molar-refractivity contribution in [3.05, 3.63) is 129 Å². The predicted molar refractivity (Wildman–Crippen MR) is 235 cm³/mol. The molecule has 2 atom stereocenters. The Bertz CT molecular complexity index is 2430. The number of nitrogens with zero attached hydrogens (tertiary/aromatic N) is 2. The smallest absolute Gasteiger partial charge is 0.408 e. The number of fused-ring (bicyclic) bond motifs is 2. The maximum absolute atomic E-state index is 12.5. The van der Waals surface area contributed by atoms with Crippen molar-refractivity contribution in [1.29, 1.82) is 0 Å². The molecule has 0 aliphatic heterocycles. The molecule has 0 spiro atoms. The number of hydrogen-bond acceptors (Lipinski definition) is 15. The number of hydrogen-bond donors (Lipinski definition) is 5. The van der Waals surface area contributed by atoms with Gasteiger partial charge in [-0.3, -0.25) is 14.8 Å². The maximum Gasteiger partial charge on any atom is 0.408 e. The van der Waals surface area contributed by atoms with Crippen LogP contribution in [0.15, 0.2) is 97.3 Å². The lowest BCUT2D eigenvalue weighted by Crippen LogP contribution is -2.49. The Morgan fingerprint density at radius 1 is 0.677 bits per heavy atom. The van der Waals surface area contributed by atoms with Gasteiger partial charge in [0, 0.05) is 25.5 Å². The minimum Gasteiger partial charge on any atom is -0.477 e. The van der Waals surface area contributed by atoms with Crippen molar-refractivity contribution in [2.45, 2.75) is 39.1 Å². The first-order valence-corrected chi connectivity index (χ1v) is 20.0. The summed E-state index contributed by atoms with van der Waals surface area (Å²) < 4.78 is 21.1. The standard InChI is InChI=1S/C21H21N3O5S.C12H16N2O4.C9H7NO2S.ClH/c1-13-8-9-22-15-10-17(30-18(13)15)19(25)23-11-16(20(26)28-2)24-21(27)29-12-14-6-4-3-5-7-14;1-17-11(15)10(7-13)14-12(16)18-8-9-5-3-2-4-6-9;1-5-2-3-10-6-4-7(9(11)12)13-8(5)6;/h3-10,16H,11-12H2,1-2H3,(H,23,25)(H,24,27);2-6,10H,7-8,13H2,1H3,(H,14,16);2-4H,1H3,(H,11,12);1H/t16-;10-;;/m11../s1. The summed E-state index contributed by atoms with van der Waals surface area (Å²) in [5.41, 5.74) is 10.6. The summed E-state index contributed by atoms with van der Waals surface area (Å²) in [6.07, 6.45) is 1.88. The Kier molecular flexibility index (Phi) is 20.2. The molecule has 2 aromatic carbocycles. The molecule has 0 saturated carbocycles. The second kappa shape index (κ2) is 25.2. The van der Waals surface area contributed by atoms with Crippen molar-refractivity contribution in [1.82, 2.24) is 25.9 Å². The maximum atomic E-state index is 12.5. The number of thiophene rings is 2. The fourth-order valence-electron chi connectivity index (χ4n) is 5.13. The number of amides is 3. The van der Waals surface area contributed by atoms with Crippen LogP contribution in [0.2, 0.25) is 0 Å². The topological polar surface area (TPSA) is 247 Å². The monoisotopic (exact) mass is 908 g/mol. The number of alkyl carbamates (subject to hydrolysis) is 2. The number of aryl methyl sites for hydroxylation is 2. The van der Waals surface area contributed by atoms with Gasteiger partial charge in [0.05, 0.1) is 39.5 Å². The van der Waals surface area contributed by atoms with E-state index in [9.17, 15) is 28.8 Å². The fourth-order valence-corrected chi connectivity index (χ4v) is 7.06. The number of benzene rings is 2. The first-order valence-electron chi connectivity index (χ1n) is 18.3. The molecule has 0 unspecified atom stereocenters. The van der Waals surface area contributed by atoms with E-state index >= 15 is 0 Å². The zero-order chi connectivity index (χ0) is 44.3. The first-order chi connectivity index (χ1) is 29.3. The number of aromatic nitrogens is 2. The molecule has 62 heavy (non-hydrogen) atoms. The van der Waals surface area contributed by atoms with Crippen molar-refractivity contribution in [2.75, 3.05) is 27.3 Å². The second-order valence-electron chi connectivity index (χ2n) is 12.7. The van der Waals surface area contributed by atoms with Crippen molar-refractivity contribution in [2.24, 2.45) is 5.73 Å². The van der Waals surface area contributed by atoms with Gasteiger partial charge < -0.3 is 45.7 Å². The summed E-state index contributed by atoms with van der Waals surface area (Å²) in [6.45, 7) is 3.89. The lowest BCUT2D eigenvalue weighted by molar-refractivity contribution is -0.143. The number of nitrogens with two attached hydrogens (primary N) is 1. The highest BCUT2D eigenvalue weighted by atomic mass is 35.5. The molecule has 17 nitrogen and oxygen atoms in total. The Morgan fingerprint density at radius 2 is 1.11 bits per heavy atom. The molecule has 0 aliphatic carbocycles. The van der Waals surface area contributed by atoms with Crippen LogP contribution >= 0.6 is 35.1 Å². The van der Waals surface area contributed by atoms with Gasteiger partial charge in [-0.2, -0.15) is 0 Å². The van der Waals surface area contributed by atoms with Gasteiger partial charge in [-0.05, 0) is 60.4 Å². The van der Waals surface area contributed by atoms with Crippen LogP contribution in [-0.4, -0.2) is 90.5 Å². The van der Waals surface area contributed by atoms with Crippen LogP contribution in [0.5, 0.6) is 0 Å². The minimum atomic E-state index is -1.09. The molecule has 3 amide bonds. The molecule has 0 radical (unpaired) electrons. The van der Waals surface area contributed by atoms with Gasteiger partial charge in [0.25, 0.3) is 5.91 Å². The van der Waals surface area contributed by atoms with Crippen LogP contribution in [-0.2, 0) is 41.8 Å². The number of methoxy groups -OCH3 is 2. The molecule has 4 heterocycles. The molecule has 6 N–H and O–H groups in total. The lowest BCUT2D eigenvalue weighted by Gasteiger charge is -2.17. The summed E-state index contributed by atoms with van der Waals surface area (Å²) in [4.78, 5) is 79.0. The van der Waals surface area contributed by atoms with Crippen LogP contribution < -0.4 is 21.7 Å². The average Bonchev–Trinajstić information content (AvgIpc) is 3.93. The van der Waals surface area contributed by atoms with Crippen LogP contribution in [0.4, 0.5) is 9.59 Å². The zero-order valence-corrected chi connectivity index (χ0v) is 36.4. The minimum absolute atomic E-state index is 0. The van der Waals surface area contributed by atoms with Crippen LogP contribution in [0.1, 0.15) is 41.6 Å². The number of aromatic carboxylic acids is 1. The van der Waals surface area contributed by atoms with Crippen molar-refractivity contribution >= 4 is 91.5 Å². The van der Waals surface area contributed by atoms with Gasteiger partial charge in [-0.1, -0.05) is 60.7 Å². The molecule has 4 aromatic heterocycles. The summed E-state index contributed by atoms with van der Waals surface area (Å²) in [5, 5.41) is 16.2. The number of carbonyl (C=O) groups is 6. The highest BCUT2D eigenvalue weighted by Gasteiger charge is 2.24. The third-order valence-electron chi connectivity index (χ3n) is 8.34. The Balaban J connectivity index is 0.000000271. The molecule has 0 aliphatic rings. The Hall–Kier alpha value is -6.67. The average molecular weight is 909 g/mol. The molecule has 6 aromatic rings. The summed E-state index contributed by atoms with van der Waals surface area (Å²) in [7, 11) is 2.43. The molecule has 20 heteroatoms. The molecule has 6 rings (SSSR count). The van der Waals surface area contributed by atoms with E-state index in [0.29, 0.717) is 9.75 Å². The van der Waals surface area contributed by atoms with Crippen LogP contribution in [0, 0.1) is 13.8 Å². The molecule has 328 valence electrons. The highest BCUT2D eigenvalue weighted by molar-refractivity contribution is 7.21. The number of carboxylic acid groups (broad SMARTS) is 1. The number of carbonyl (C=O) groups excluding carboxylic acids is 5. The fraction of sp³-hybridized carbons (Fsp3) is 0.238. The van der Waals surface area contributed by atoms with Gasteiger partial charge >= 0.3 is 30.1 Å². The summed E-state index contributed by atoms with van der Waals surface area (Å²) >= 11 is 2.58. The number of ether oxygens (including phenoxy) is 4. The molecular weight excluding hydrogens is 864 g/mol. The van der Waals surface area contributed by atoms with Crippen molar-refractivity contribution in [3.63, 3.8) is 0 Å². The van der Waals surface area contributed by atoms with E-state index in [1.807, 2.05) is 86.6 Å². The second-order valence-corrected chi connectivity index (χ2v) is 14.8.